The Balaban J connectivity index is 2.56. The molecule has 6 unspecified atom stereocenters. The van der Waals surface area contributed by atoms with Gasteiger partial charge in [-0.2, -0.15) is 0 Å². The van der Waals surface area contributed by atoms with Crippen LogP contribution in [-0.4, -0.2) is 118 Å². The van der Waals surface area contributed by atoms with Crippen LogP contribution in [0.4, 0.5) is 0 Å². The van der Waals surface area contributed by atoms with Crippen molar-refractivity contribution in [2.24, 2.45) is 0 Å². The second-order valence-electron chi connectivity index (χ2n) is 13.7. The number of nitrogens with zero attached hydrogens (tertiary/aromatic N) is 2. The molecule has 1 saturated heterocycles. The molecule has 0 aliphatic carbocycles. The minimum Gasteiger partial charge on any atom is -0.391 e. The summed E-state index contributed by atoms with van der Waals surface area (Å²) in [7, 11) is 0. The van der Waals surface area contributed by atoms with Crippen molar-refractivity contribution in [3.63, 3.8) is 0 Å². The van der Waals surface area contributed by atoms with E-state index in [1.54, 1.807) is 0 Å². The van der Waals surface area contributed by atoms with Crippen LogP contribution in [-0.2, 0) is 9.59 Å². The SMILES string of the molecule is CC/C=C\CC(O)CN(CCCCC1NC(=O)C(CCCCN(CC(O)C/C=C\CC)CC(O)C/C=C\CC)NC1=O)CC(O)C/C=C\CC. The first-order valence-electron chi connectivity index (χ1n) is 19.5. The Kier molecular flexibility index (Phi) is 26.7. The highest BCUT2D eigenvalue weighted by Crippen LogP contribution is 2.13. The average Bonchev–Trinajstić information content (AvgIpc) is 3.07. The minimum absolute atomic E-state index is 0.157. The zero-order chi connectivity index (χ0) is 37.0. The zero-order valence-corrected chi connectivity index (χ0v) is 31.7. The Labute approximate surface area is 303 Å². The van der Waals surface area contributed by atoms with Crippen LogP contribution in [0, 0.1) is 0 Å². The van der Waals surface area contributed by atoms with Gasteiger partial charge in [-0.3, -0.25) is 19.4 Å². The maximum Gasteiger partial charge on any atom is 0.243 e. The molecule has 0 aromatic rings. The standard InChI is InChI=1S/C40H72N4O6/c1-5-9-13-21-33(45)29-43(30-34(46)22-14-10-6-2)27-19-17-25-37-39(49)42-38(40(50)41-37)26-18-20-28-44(31-35(47)23-15-11-7-3)32-36(48)24-16-12-8-4/h9-16,33-38,45-48H,5-8,17-32H2,1-4H3,(H,41,50)(H,42,49)/b13-9-,14-10-,15-11-,16-12-. The summed E-state index contributed by atoms with van der Waals surface area (Å²) in [5, 5.41) is 48.1. The van der Waals surface area contributed by atoms with Crippen LogP contribution in [0.1, 0.15) is 118 Å². The van der Waals surface area contributed by atoms with Crippen LogP contribution in [0.15, 0.2) is 48.6 Å². The van der Waals surface area contributed by atoms with Crippen molar-refractivity contribution in [1.82, 2.24) is 20.4 Å². The van der Waals surface area contributed by atoms with E-state index in [9.17, 15) is 30.0 Å². The van der Waals surface area contributed by atoms with E-state index in [0.29, 0.717) is 77.8 Å². The largest absolute Gasteiger partial charge is 0.391 e. The summed E-state index contributed by atoms with van der Waals surface area (Å²) in [4.78, 5) is 30.1. The molecule has 0 aromatic carbocycles. The number of piperazine rings is 1. The van der Waals surface area contributed by atoms with Gasteiger partial charge < -0.3 is 31.1 Å². The minimum atomic E-state index is -0.566. The van der Waals surface area contributed by atoms with Gasteiger partial charge in [-0.15, -0.1) is 0 Å². The molecular formula is C40H72N4O6. The van der Waals surface area contributed by atoms with E-state index in [4.69, 9.17) is 0 Å². The Morgan fingerprint density at radius 3 is 1.04 bits per heavy atom. The lowest BCUT2D eigenvalue weighted by Crippen LogP contribution is -2.61. The molecule has 50 heavy (non-hydrogen) atoms. The number of rotatable bonds is 30. The summed E-state index contributed by atoms with van der Waals surface area (Å²) < 4.78 is 0. The summed E-state index contributed by atoms with van der Waals surface area (Å²) in [6, 6.07) is -1.13. The molecule has 0 bridgehead atoms. The molecule has 1 rings (SSSR count). The molecule has 2 amide bonds. The predicted molar refractivity (Wildman–Crippen MR) is 205 cm³/mol. The van der Waals surface area contributed by atoms with E-state index in [1.165, 1.54) is 0 Å². The number of amides is 2. The van der Waals surface area contributed by atoms with Crippen molar-refractivity contribution in [2.75, 3.05) is 39.3 Å². The lowest BCUT2D eigenvalue weighted by atomic mass is 10.0. The van der Waals surface area contributed by atoms with Gasteiger partial charge in [0.15, 0.2) is 0 Å². The third kappa shape index (κ3) is 22.5. The lowest BCUT2D eigenvalue weighted by molar-refractivity contribution is -0.137. The van der Waals surface area contributed by atoms with E-state index in [0.717, 1.165) is 51.4 Å². The normalized spacial score (nSPS) is 19.7. The monoisotopic (exact) mass is 705 g/mol. The highest BCUT2D eigenvalue weighted by atomic mass is 16.3. The lowest BCUT2D eigenvalue weighted by Gasteiger charge is -2.31. The van der Waals surface area contributed by atoms with Gasteiger partial charge in [0.1, 0.15) is 12.1 Å². The summed E-state index contributed by atoms with van der Waals surface area (Å²) >= 11 is 0. The molecular weight excluding hydrogens is 632 g/mol. The number of allylic oxidation sites excluding steroid dienone is 4. The number of carbonyl (C=O) groups is 2. The zero-order valence-electron chi connectivity index (χ0n) is 31.7. The average molecular weight is 705 g/mol. The highest BCUT2D eigenvalue weighted by molar-refractivity contribution is 5.96. The molecule has 6 N–H and O–H groups in total. The third-order valence-electron chi connectivity index (χ3n) is 8.82. The smallest absolute Gasteiger partial charge is 0.243 e. The molecule has 0 radical (unpaired) electrons. The molecule has 1 aliphatic heterocycles. The fourth-order valence-electron chi connectivity index (χ4n) is 6.13. The van der Waals surface area contributed by atoms with Crippen molar-refractivity contribution in [3.8, 4) is 0 Å². The maximum absolute atomic E-state index is 12.9. The first-order valence-corrected chi connectivity index (χ1v) is 19.5. The second-order valence-corrected chi connectivity index (χ2v) is 13.7. The number of unbranched alkanes of at least 4 members (excludes halogenated alkanes) is 2. The van der Waals surface area contributed by atoms with Crippen molar-refractivity contribution >= 4 is 11.8 Å². The van der Waals surface area contributed by atoms with Gasteiger partial charge >= 0.3 is 0 Å². The van der Waals surface area contributed by atoms with Crippen LogP contribution >= 0.6 is 0 Å². The van der Waals surface area contributed by atoms with Crippen LogP contribution in [0.5, 0.6) is 0 Å². The third-order valence-corrected chi connectivity index (χ3v) is 8.82. The van der Waals surface area contributed by atoms with E-state index < -0.39 is 36.5 Å². The Morgan fingerprint density at radius 1 is 0.500 bits per heavy atom. The molecule has 10 nitrogen and oxygen atoms in total. The van der Waals surface area contributed by atoms with Crippen molar-refractivity contribution < 1.29 is 30.0 Å². The van der Waals surface area contributed by atoms with Crippen molar-refractivity contribution in [2.45, 2.75) is 154 Å². The first kappa shape index (κ1) is 45.7. The number of nitrogens with one attached hydrogen (secondary N) is 2. The van der Waals surface area contributed by atoms with Crippen LogP contribution < -0.4 is 10.6 Å². The first-order chi connectivity index (χ1) is 24.1. The van der Waals surface area contributed by atoms with Gasteiger partial charge in [0.05, 0.1) is 24.4 Å². The summed E-state index contributed by atoms with van der Waals surface area (Å²) in [6.45, 7) is 11.5. The van der Waals surface area contributed by atoms with Crippen LogP contribution in [0.25, 0.3) is 0 Å². The fourth-order valence-corrected chi connectivity index (χ4v) is 6.13. The predicted octanol–water partition coefficient (Wildman–Crippen LogP) is 4.78. The van der Waals surface area contributed by atoms with Crippen LogP contribution in [0.2, 0.25) is 0 Å². The topological polar surface area (TPSA) is 146 Å². The second kappa shape index (κ2) is 29.3. The molecule has 6 atom stereocenters. The number of aliphatic hydroxyl groups is 4. The van der Waals surface area contributed by atoms with Crippen molar-refractivity contribution in [3.05, 3.63) is 48.6 Å². The molecule has 288 valence electrons. The van der Waals surface area contributed by atoms with Gasteiger partial charge in [0.2, 0.25) is 11.8 Å². The Bertz CT molecular complexity index is 876. The maximum atomic E-state index is 12.9. The molecule has 1 fully saturated rings. The van der Waals surface area contributed by atoms with E-state index in [-0.39, 0.29) is 11.8 Å². The quantitative estimate of drug-likeness (QED) is 0.0463. The van der Waals surface area contributed by atoms with Gasteiger partial charge in [-0.05, 0) is 103 Å². The van der Waals surface area contributed by atoms with Gasteiger partial charge in [-0.1, -0.05) is 76.3 Å². The Hall–Kier alpha value is -2.34. The summed E-state index contributed by atoms with van der Waals surface area (Å²) in [5.41, 5.74) is 0. The van der Waals surface area contributed by atoms with E-state index in [2.05, 4.69) is 48.1 Å². The molecule has 0 spiro atoms. The fraction of sp³-hybridized carbons (Fsp3) is 0.750. The summed E-state index contributed by atoms with van der Waals surface area (Å²) in [5.74, 6) is -0.313. The Morgan fingerprint density at radius 2 is 0.780 bits per heavy atom. The number of aliphatic hydroxyl groups excluding tert-OH is 4. The van der Waals surface area contributed by atoms with E-state index in [1.807, 2.05) is 48.6 Å². The summed E-state index contributed by atoms with van der Waals surface area (Å²) in [6.07, 6.45) is 24.2. The molecule has 1 heterocycles. The molecule has 0 saturated carbocycles. The highest BCUT2D eigenvalue weighted by Gasteiger charge is 2.32. The molecule has 1 aliphatic rings. The van der Waals surface area contributed by atoms with E-state index >= 15 is 0 Å². The molecule has 10 heteroatoms. The van der Waals surface area contributed by atoms with Gasteiger partial charge in [0, 0.05) is 26.2 Å². The molecule has 0 aromatic heterocycles. The van der Waals surface area contributed by atoms with Crippen LogP contribution in [0.3, 0.4) is 0 Å². The van der Waals surface area contributed by atoms with Crippen molar-refractivity contribution in [1.29, 1.82) is 0 Å². The van der Waals surface area contributed by atoms with Gasteiger partial charge in [0.25, 0.3) is 0 Å². The van der Waals surface area contributed by atoms with Gasteiger partial charge in [-0.25, -0.2) is 0 Å². The number of hydrogen-bond donors (Lipinski definition) is 6. The number of hydrogen-bond acceptors (Lipinski definition) is 8. The number of carbonyl (C=O) groups excluding carboxylic acids is 2.